The number of sulfone groups is 1. The van der Waals surface area contributed by atoms with Crippen LogP contribution in [0.2, 0.25) is 0 Å². The van der Waals surface area contributed by atoms with Gasteiger partial charge >= 0.3 is 0 Å². The molecular formula is C19H23NO4S2. The molecule has 0 N–H and O–H groups in total. The summed E-state index contributed by atoms with van der Waals surface area (Å²) in [5, 5.41) is 0. The molecule has 5 nitrogen and oxygen atoms in total. The number of hydrogen-bond acceptors (Lipinski definition) is 4. The van der Waals surface area contributed by atoms with E-state index in [0.717, 1.165) is 24.7 Å². The second-order valence-electron chi connectivity index (χ2n) is 6.86. The average molecular weight is 394 g/mol. The Bertz CT molecular complexity index is 964. The highest BCUT2D eigenvalue weighted by Crippen LogP contribution is 2.38. The van der Waals surface area contributed by atoms with Crippen molar-refractivity contribution in [1.29, 1.82) is 0 Å². The lowest BCUT2D eigenvalue weighted by molar-refractivity contribution is 0.303. The minimum absolute atomic E-state index is 0.102. The van der Waals surface area contributed by atoms with Crippen LogP contribution in [0.15, 0.2) is 64.4 Å². The van der Waals surface area contributed by atoms with E-state index in [-0.39, 0.29) is 15.8 Å². The molecule has 3 rings (SSSR count). The van der Waals surface area contributed by atoms with Gasteiger partial charge in [-0.2, -0.15) is 4.31 Å². The van der Waals surface area contributed by atoms with Crippen LogP contribution in [0, 0.1) is 5.92 Å². The van der Waals surface area contributed by atoms with Crippen LogP contribution in [0.1, 0.15) is 25.3 Å². The van der Waals surface area contributed by atoms with Gasteiger partial charge in [0.1, 0.15) is 0 Å². The van der Waals surface area contributed by atoms with Crippen LogP contribution in [0.3, 0.4) is 0 Å². The largest absolute Gasteiger partial charge is 0.243 e. The van der Waals surface area contributed by atoms with E-state index in [1.165, 1.54) is 28.6 Å². The number of benzene rings is 2. The zero-order valence-corrected chi connectivity index (χ0v) is 16.5. The van der Waals surface area contributed by atoms with E-state index in [1.54, 1.807) is 0 Å². The molecule has 2 aromatic rings. The van der Waals surface area contributed by atoms with Crippen molar-refractivity contribution in [2.24, 2.45) is 5.92 Å². The van der Waals surface area contributed by atoms with E-state index in [9.17, 15) is 16.8 Å². The van der Waals surface area contributed by atoms with Gasteiger partial charge in [-0.1, -0.05) is 30.3 Å². The molecule has 26 heavy (non-hydrogen) atoms. The van der Waals surface area contributed by atoms with Crippen LogP contribution in [0.5, 0.6) is 0 Å². The average Bonchev–Trinajstić information content (AvgIpc) is 3.44. The van der Waals surface area contributed by atoms with E-state index in [4.69, 9.17) is 0 Å². The molecule has 0 bridgehead atoms. The van der Waals surface area contributed by atoms with Crippen molar-refractivity contribution < 1.29 is 16.8 Å². The summed E-state index contributed by atoms with van der Waals surface area (Å²) in [5.41, 5.74) is 0.927. The molecule has 1 aliphatic carbocycles. The zero-order chi connectivity index (χ0) is 18.9. The summed E-state index contributed by atoms with van der Waals surface area (Å²) in [5.74, 6) is 0.379. The number of rotatable bonds is 7. The fraction of sp³-hybridized carbons (Fsp3) is 0.368. The minimum atomic E-state index is -3.73. The Kier molecular flexibility index (Phi) is 5.23. The summed E-state index contributed by atoms with van der Waals surface area (Å²) in [4.78, 5) is 0.231. The van der Waals surface area contributed by atoms with Gasteiger partial charge in [-0.25, -0.2) is 16.8 Å². The molecule has 0 saturated heterocycles. The first-order valence-corrected chi connectivity index (χ1v) is 11.9. The Labute approximate surface area is 155 Å². The maximum Gasteiger partial charge on any atom is 0.243 e. The third kappa shape index (κ3) is 4.16. The summed E-state index contributed by atoms with van der Waals surface area (Å²) in [7, 11) is -7.09. The maximum atomic E-state index is 13.2. The molecule has 1 fully saturated rings. The second kappa shape index (κ2) is 7.13. The monoisotopic (exact) mass is 393 g/mol. The fourth-order valence-corrected chi connectivity index (χ4v) is 5.33. The van der Waals surface area contributed by atoms with Crippen LogP contribution in [0.4, 0.5) is 0 Å². The van der Waals surface area contributed by atoms with Gasteiger partial charge in [0.15, 0.2) is 9.84 Å². The van der Waals surface area contributed by atoms with Gasteiger partial charge in [-0.3, -0.25) is 0 Å². The van der Waals surface area contributed by atoms with Crippen molar-refractivity contribution in [3.63, 3.8) is 0 Å². The van der Waals surface area contributed by atoms with Crippen molar-refractivity contribution in [3.05, 3.63) is 60.2 Å². The van der Waals surface area contributed by atoms with E-state index in [2.05, 4.69) is 0 Å². The molecule has 0 aliphatic heterocycles. The molecule has 0 amide bonds. The minimum Gasteiger partial charge on any atom is -0.224 e. The lowest BCUT2D eigenvalue weighted by Gasteiger charge is -2.28. The Morgan fingerprint density at radius 3 is 1.96 bits per heavy atom. The fourth-order valence-electron chi connectivity index (χ4n) is 3.02. The van der Waals surface area contributed by atoms with Gasteiger partial charge in [0.25, 0.3) is 0 Å². The van der Waals surface area contributed by atoms with Crippen molar-refractivity contribution in [1.82, 2.24) is 4.31 Å². The first-order chi connectivity index (χ1) is 12.2. The Morgan fingerprint density at radius 1 is 0.923 bits per heavy atom. The van der Waals surface area contributed by atoms with Crippen LogP contribution in [-0.4, -0.2) is 33.4 Å². The van der Waals surface area contributed by atoms with Gasteiger partial charge in [0.2, 0.25) is 10.0 Å². The highest BCUT2D eigenvalue weighted by atomic mass is 32.2. The second-order valence-corrected chi connectivity index (χ2v) is 10.8. The van der Waals surface area contributed by atoms with E-state index < -0.39 is 19.9 Å². The van der Waals surface area contributed by atoms with Gasteiger partial charge in [-0.05, 0) is 55.5 Å². The molecule has 0 radical (unpaired) electrons. The van der Waals surface area contributed by atoms with Crippen LogP contribution in [-0.2, 0) is 26.4 Å². The predicted molar refractivity (Wildman–Crippen MR) is 101 cm³/mol. The number of nitrogens with zero attached hydrogens (tertiary/aromatic N) is 1. The van der Waals surface area contributed by atoms with Crippen molar-refractivity contribution in [2.45, 2.75) is 42.1 Å². The molecule has 0 aromatic heterocycles. The van der Waals surface area contributed by atoms with E-state index in [0.29, 0.717) is 12.5 Å². The maximum absolute atomic E-state index is 13.2. The zero-order valence-electron chi connectivity index (χ0n) is 14.9. The Balaban J connectivity index is 1.95. The molecule has 1 saturated carbocycles. The summed E-state index contributed by atoms with van der Waals surface area (Å²) >= 11 is 0. The quantitative estimate of drug-likeness (QED) is 0.725. The van der Waals surface area contributed by atoms with E-state index in [1.807, 2.05) is 37.3 Å². The van der Waals surface area contributed by atoms with Crippen molar-refractivity contribution in [3.8, 4) is 0 Å². The Hall–Kier alpha value is -1.70. The molecule has 7 heteroatoms. The molecule has 140 valence electrons. The third-order valence-electron chi connectivity index (χ3n) is 4.80. The van der Waals surface area contributed by atoms with Gasteiger partial charge in [-0.15, -0.1) is 0 Å². The predicted octanol–water partition coefficient (Wildman–Crippen LogP) is 3.08. The van der Waals surface area contributed by atoms with Crippen LogP contribution in [0.25, 0.3) is 0 Å². The first kappa shape index (κ1) is 19.1. The number of sulfonamides is 1. The SMILES string of the molecule is CC(C1CC1)N(Cc1ccccc1)S(=O)(=O)c1ccc(S(C)(=O)=O)cc1. The topological polar surface area (TPSA) is 71.5 Å². The highest BCUT2D eigenvalue weighted by molar-refractivity contribution is 7.90. The van der Waals surface area contributed by atoms with E-state index >= 15 is 0 Å². The summed E-state index contributed by atoms with van der Waals surface area (Å²) in [6, 6.07) is 14.9. The Morgan fingerprint density at radius 2 is 1.46 bits per heavy atom. The summed E-state index contributed by atoms with van der Waals surface area (Å²) in [6.45, 7) is 2.25. The molecule has 1 unspecified atom stereocenters. The summed E-state index contributed by atoms with van der Waals surface area (Å²) in [6.07, 6.45) is 3.18. The van der Waals surface area contributed by atoms with Gasteiger partial charge in [0.05, 0.1) is 9.79 Å². The normalized spacial score (nSPS) is 16.6. The van der Waals surface area contributed by atoms with Gasteiger partial charge in [0, 0.05) is 18.8 Å². The molecule has 1 aliphatic rings. The van der Waals surface area contributed by atoms with Crippen LogP contribution < -0.4 is 0 Å². The van der Waals surface area contributed by atoms with Crippen molar-refractivity contribution in [2.75, 3.05) is 6.26 Å². The molecule has 1 atom stereocenters. The lowest BCUT2D eigenvalue weighted by Crippen LogP contribution is -2.39. The molecule has 0 heterocycles. The van der Waals surface area contributed by atoms with Crippen molar-refractivity contribution >= 4 is 19.9 Å². The van der Waals surface area contributed by atoms with Gasteiger partial charge < -0.3 is 0 Å². The molecule has 2 aromatic carbocycles. The highest BCUT2D eigenvalue weighted by Gasteiger charge is 2.38. The third-order valence-corrected chi connectivity index (χ3v) is 7.87. The molecule has 0 spiro atoms. The standard InChI is InChI=1S/C19H23NO4S2/c1-15(17-8-9-17)20(14-16-6-4-3-5-7-16)26(23,24)19-12-10-18(11-13-19)25(2,21)22/h3-7,10-13,15,17H,8-9,14H2,1-2H3. The smallest absolute Gasteiger partial charge is 0.224 e. The lowest BCUT2D eigenvalue weighted by atomic mass is 10.2. The number of hydrogen-bond donors (Lipinski definition) is 0. The molecular weight excluding hydrogens is 370 g/mol. The first-order valence-electron chi connectivity index (χ1n) is 8.55. The van der Waals surface area contributed by atoms with Crippen LogP contribution >= 0.6 is 0 Å². The summed E-state index contributed by atoms with van der Waals surface area (Å²) < 4.78 is 51.3.